The van der Waals surface area contributed by atoms with E-state index in [1.54, 1.807) is 20.2 Å². The molecule has 0 spiro atoms. The predicted octanol–water partition coefficient (Wildman–Crippen LogP) is 3.66. The van der Waals surface area contributed by atoms with Gasteiger partial charge in [-0.25, -0.2) is 4.79 Å². The number of aromatic nitrogens is 1. The fraction of sp³-hybridized carbons (Fsp3) is 0.391. The first-order valence-electron chi connectivity index (χ1n) is 9.79. The number of hydrogen-bond donors (Lipinski definition) is 0. The first-order chi connectivity index (χ1) is 13.9. The van der Waals surface area contributed by atoms with Crippen molar-refractivity contribution in [3.05, 3.63) is 58.9 Å². The minimum Gasteiger partial charge on any atom is -0.496 e. The van der Waals surface area contributed by atoms with E-state index in [2.05, 4.69) is 24.5 Å². The molecule has 0 saturated heterocycles. The Hall–Kier alpha value is -3.02. The van der Waals surface area contributed by atoms with Gasteiger partial charge in [0, 0.05) is 42.7 Å². The topological polar surface area (TPSA) is 60.8 Å². The minimum atomic E-state index is -0.528. The van der Waals surface area contributed by atoms with E-state index in [0.717, 1.165) is 22.6 Å². The van der Waals surface area contributed by atoms with Crippen molar-refractivity contribution in [2.24, 2.45) is 0 Å². The summed E-state index contributed by atoms with van der Waals surface area (Å²) in [7, 11) is 3.27. The van der Waals surface area contributed by atoms with Crippen LogP contribution in [0.4, 0.5) is 0 Å². The number of carbonyl (C=O) groups is 2. The quantitative estimate of drug-likeness (QED) is 0.505. The molecule has 154 valence electrons. The molecule has 6 heteroatoms. The molecule has 1 aliphatic carbocycles. The van der Waals surface area contributed by atoms with E-state index in [1.807, 2.05) is 24.3 Å². The lowest BCUT2D eigenvalue weighted by Gasteiger charge is -2.18. The SMILES string of the molecule is COc1ccccc1CN(C)C(=O)COC(=O)/C=C/c1cc(C)n(C2CC2)c1C. The molecule has 0 unspecified atom stereocenters. The number of amides is 1. The van der Waals surface area contributed by atoms with Crippen LogP contribution in [-0.2, 0) is 20.9 Å². The summed E-state index contributed by atoms with van der Waals surface area (Å²) in [6.07, 6.45) is 5.57. The van der Waals surface area contributed by atoms with Gasteiger partial charge in [0.2, 0.25) is 0 Å². The standard InChI is InChI=1S/C23H28N2O4/c1-16-13-18(17(2)25(16)20-10-11-20)9-12-23(27)29-15-22(26)24(3)14-19-7-5-6-8-21(19)28-4/h5-9,12-13,20H,10-11,14-15H2,1-4H3/b12-9+. The van der Waals surface area contributed by atoms with Gasteiger partial charge in [-0.3, -0.25) is 4.79 Å². The van der Waals surface area contributed by atoms with E-state index >= 15 is 0 Å². The minimum absolute atomic E-state index is 0.274. The van der Waals surface area contributed by atoms with Crippen LogP contribution >= 0.6 is 0 Å². The highest BCUT2D eigenvalue weighted by Gasteiger charge is 2.26. The molecule has 3 rings (SSSR count). The Morgan fingerprint density at radius 2 is 1.97 bits per heavy atom. The van der Waals surface area contributed by atoms with E-state index in [0.29, 0.717) is 12.6 Å². The Labute approximate surface area is 171 Å². The van der Waals surface area contributed by atoms with Crippen molar-refractivity contribution in [1.29, 1.82) is 0 Å². The number of rotatable bonds is 8. The molecule has 1 fully saturated rings. The van der Waals surface area contributed by atoms with Gasteiger partial charge in [0.25, 0.3) is 5.91 Å². The molecule has 0 aliphatic heterocycles. The summed E-state index contributed by atoms with van der Waals surface area (Å²) < 4.78 is 12.7. The highest BCUT2D eigenvalue weighted by molar-refractivity contribution is 5.89. The second-order valence-electron chi connectivity index (χ2n) is 7.43. The van der Waals surface area contributed by atoms with Gasteiger partial charge in [-0.15, -0.1) is 0 Å². The third kappa shape index (κ3) is 5.08. The zero-order valence-electron chi connectivity index (χ0n) is 17.5. The van der Waals surface area contributed by atoms with Gasteiger partial charge in [-0.1, -0.05) is 18.2 Å². The smallest absolute Gasteiger partial charge is 0.331 e. The lowest BCUT2D eigenvalue weighted by Crippen LogP contribution is -2.30. The Morgan fingerprint density at radius 1 is 1.24 bits per heavy atom. The molecule has 0 bridgehead atoms. The number of esters is 1. The third-order valence-corrected chi connectivity index (χ3v) is 5.20. The van der Waals surface area contributed by atoms with Crippen LogP contribution in [0.25, 0.3) is 6.08 Å². The van der Waals surface area contributed by atoms with Crippen LogP contribution in [0.2, 0.25) is 0 Å². The number of hydrogen-bond acceptors (Lipinski definition) is 4. The molecule has 0 N–H and O–H groups in total. The van der Waals surface area contributed by atoms with Crippen LogP contribution in [-0.4, -0.2) is 42.1 Å². The fourth-order valence-electron chi connectivity index (χ4n) is 3.49. The third-order valence-electron chi connectivity index (χ3n) is 5.20. The molecule has 0 radical (unpaired) electrons. The van der Waals surface area contributed by atoms with Gasteiger partial charge >= 0.3 is 5.97 Å². The number of aryl methyl sites for hydroxylation is 1. The van der Waals surface area contributed by atoms with Crippen molar-refractivity contribution in [1.82, 2.24) is 9.47 Å². The molecule has 29 heavy (non-hydrogen) atoms. The Bertz CT molecular complexity index is 925. The molecule has 2 aromatic rings. The molecule has 1 aromatic heterocycles. The van der Waals surface area contributed by atoms with Crippen LogP contribution in [0.15, 0.2) is 36.4 Å². The largest absolute Gasteiger partial charge is 0.496 e. The molecule has 0 atom stereocenters. The van der Waals surface area contributed by atoms with Crippen LogP contribution in [0.1, 0.15) is 41.4 Å². The van der Waals surface area contributed by atoms with Gasteiger partial charge in [-0.05, 0) is 50.5 Å². The Balaban J connectivity index is 1.51. The van der Waals surface area contributed by atoms with E-state index in [9.17, 15) is 9.59 Å². The average Bonchev–Trinajstić information content (AvgIpc) is 3.50. The summed E-state index contributed by atoms with van der Waals surface area (Å²) in [5.41, 5.74) is 4.25. The monoisotopic (exact) mass is 396 g/mol. The summed E-state index contributed by atoms with van der Waals surface area (Å²) in [6, 6.07) is 10.2. The lowest BCUT2D eigenvalue weighted by atomic mass is 10.2. The first-order valence-corrected chi connectivity index (χ1v) is 9.79. The van der Waals surface area contributed by atoms with Crippen molar-refractivity contribution in [2.75, 3.05) is 20.8 Å². The number of methoxy groups -OCH3 is 1. The number of para-hydroxylation sites is 1. The van der Waals surface area contributed by atoms with Crippen LogP contribution in [0, 0.1) is 13.8 Å². The lowest BCUT2D eigenvalue weighted by molar-refractivity contribution is -0.147. The van der Waals surface area contributed by atoms with Crippen molar-refractivity contribution in [3.8, 4) is 5.75 Å². The average molecular weight is 396 g/mol. The normalized spacial score (nSPS) is 13.5. The van der Waals surface area contributed by atoms with Crippen LogP contribution < -0.4 is 4.74 Å². The summed E-state index contributed by atoms with van der Waals surface area (Å²) >= 11 is 0. The van der Waals surface area contributed by atoms with Crippen LogP contribution in [0.3, 0.4) is 0 Å². The molecular weight excluding hydrogens is 368 g/mol. The Morgan fingerprint density at radius 3 is 2.66 bits per heavy atom. The molecule has 6 nitrogen and oxygen atoms in total. The first kappa shape index (κ1) is 20.7. The highest BCUT2D eigenvalue weighted by Crippen LogP contribution is 2.38. The number of carbonyl (C=O) groups excluding carboxylic acids is 2. The van der Waals surface area contributed by atoms with E-state index in [4.69, 9.17) is 9.47 Å². The predicted molar refractivity (Wildman–Crippen MR) is 112 cm³/mol. The fourth-order valence-corrected chi connectivity index (χ4v) is 3.49. The number of likely N-dealkylation sites (N-methyl/N-ethyl adjacent to an activating group) is 1. The van der Waals surface area contributed by atoms with Crippen molar-refractivity contribution < 1.29 is 19.1 Å². The zero-order chi connectivity index (χ0) is 21.0. The van der Waals surface area contributed by atoms with Crippen molar-refractivity contribution >= 4 is 18.0 Å². The molecule has 1 aliphatic rings. The maximum absolute atomic E-state index is 12.3. The summed E-state index contributed by atoms with van der Waals surface area (Å²) in [5, 5.41) is 0. The van der Waals surface area contributed by atoms with Gasteiger partial charge in [0.05, 0.1) is 7.11 Å². The van der Waals surface area contributed by atoms with Gasteiger partial charge in [-0.2, -0.15) is 0 Å². The number of benzene rings is 1. The number of ether oxygens (including phenoxy) is 2. The molecule has 1 amide bonds. The summed E-state index contributed by atoms with van der Waals surface area (Å²) in [6.45, 7) is 4.23. The molecule has 1 heterocycles. The van der Waals surface area contributed by atoms with Crippen LogP contribution in [0.5, 0.6) is 5.75 Å². The van der Waals surface area contributed by atoms with Gasteiger partial charge < -0.3 is 18.9 Å². The maximum atomic E-state index is 12.3. The molecular formula is C23H28N2O4. The summed E-state index contributed by atoms with van der Waals surface area (Å²) in [5.74, 6) is -0.0827. The number of nitrogens with zero attached hydrogens (tertiary/aromatic N) is 2. The Kier molecular flexibility index (Phi) is 6.42. The second kappa shape index (κ2) is 8.99. The van der Waals surface area contributed by atoms with Crippen molar-refractivity contribution in [2.45, 2.75) is 39.3 Å². The molecule has 1 saturated carbocycles. The van der Waals surface area contributed by atoms with E-state index in [-0.39, 0.29) is 12.5 Å². The van der Waals surface area contributed by atoms with Gasteiger partial charge in [0.1, 0.15) is 5.75 Å². The molecule has 1 aromatic carbocycles. The maximum Gasteiger partial charge on any atom is 0.331 e. The van der Waals surface area contributed by atoms with E-state index in [1.165, 1.54) is 29.5 Å². The van der Waals surface area contributed by atoms with Gasteiger partial charge in [0.15, 0.2) is 6.61 Å². The zero-order valence-corrected chi connectivity index (χ0v) is 17.5. The second-order valence-corrected chi connectivity index (χ2v) is 7.43. The highest BCUT2D eigenvalue weighted by atomic mass is 16.5. The van der Waals surface area contributed by atoms with E-state index < -0.39 is 5.97 Å². The van der Waals surface area contributed by atoms with Crippen molar-refractivity contribution in [3.63, 3.8) is 0 Å². The summed E-state index contributed by atoms with van der Waals surface area (Å²) in [4.78, 5) is 25.8.